The van der Waals surface area contributed by atoms with Gasteiger partial charge in [0.05, 0.1) is 0 Å². The van der Waals surface area contributed by atoms with Crippen LogP contribution in [0.4, 0.5) is 5.82 Å². The second-order valence-corrected chi connectivity index (χ2v) is 5.59. The van der Waals surface area contributed by atoms with Crippen molar-refractivity contribution in [1.29, 1.82) is 0 Å². The molecular weight excluding hydrogens is 258 g/mol. The second kappa shape index (κ2) is 6.07. The monoisotopic (exact) mass is 279 g/mol. The van der Waals surface area contributed by atoms with Gasteiger partial charge in [-0.25, -0.2) is 4.98 Å². The molecule has 0 amide bonds. The largest absolute Gasteiger partial charge is 0.481 e. The highest BCUT2D eigenvalue weighted by Crippen LogP contribution is 2.23. The highest BCUT2D eigenvalue weighted by Gasteiger charge is 2.26. The van der Waals surface area contributed by atoms with E-state index < -0.39 is 5.97 Å². The van der Waals surface area contributed by atoms with Gasteiger partial charge in [-0.1, -0.05) is 0 Å². The molecule has 6 nitrogen and oxygen atoms in total. The van der Waals surface area contributed by atoms with Crippen molar-refractivity contribution in [3.05, 3.63) is 22.7 Å². The van der Waals surface area contributed by atoms with Crippen molar-refractivity contribution < 1.29 is 9.90 Å². The highest BCUT2D eigenvalue weighted by atomic mass is 16.4. The first kappa shape index (κ1) is 14.6. The van der Waals surface area contributed by atoms with Gasteiger partial charge in [-0.2, -0.15) is 0 Å². The minimum atomic E-state index is -0.761. The van der Waals surface area contributed by atoms with Crippen LogP contribution >= 0.6 is 0 Å². The van der Waals surface area contributed by atoms with E-state index in [0.29, 0.717) is 18.2 Å². The topological polar surface area (TPSA) is 75.4 Å². The van der Waals surface area contributed by atoms with Crippen molar-refractivity contribution in [2.24, 2.45) is 5.92 Å². The Kier molecular flexibility index (Phi) is 4.42. The normalized spacial score (nSPS) is 18.8. The third-order valence-corrected chi connectivity index (χ3v) is 3.76. The Hall–Kier alpha value is -1.85. The lowest BCUT2D eigenvalue weighted by Gasteiger charge is -2.18. The Morgan fingerprint density at radius 3 is 2.95 bits per heavy atom. The number of aliphatic carboxylic acids is 1. The molecule has 6 heteroatoms. The molecule has 1 N–H and O–H groups in total. The van der Waals surface area contributed by atoms with Crippen molar-refractivity contribution in [2.75, 3.05) is 18.0 Å². The van der Waals surface area contributed by atoms with Crippen LogP contribution < -0.4 is 10.5 Å². The zero-order valence-electron chi connectivity index (χ0n) is 12.0. The molecule has 2 heterocycles. The number of carboxylic acid groups (broad SMARTS) is 1. The van der Waals surface area contributed by atoms with Crippen molar-refractivity contribution in [2.45, 2.75) is 39.2 Å². The standard InChI is InChI=1S/C14H21N3O3/c1-10(2)17-8-6-15-13(14(17)20)16-7-5-11(9-16)3-4-12(18)19/h6,8,10-11H,3-5,7,9H2,1-2H3,(H,18,19). The predicted molar refractivity (Wildman–Crippen MR) is 76.1 cm³/mol. The average molecular weight is 279 g/mol. The summed E-state index contributed by atoms with van der Waals surface area (Å²) in [5, 5.41) is 8.72. The number of anilines is 1. The van der Waals surface area contributed by atoms with Gasteiger partial charge in [0.25, 0.3) is 5.56 Å². The molecule has 0 aromatic carbocycles. The molecule has 1 aliphatic heterocycles. The van der Waals surface area contributed by atoms with Gasteiger partial charge in [0.2, 0.25) is 0 Å². The molecule has 1 unspecified atom stereocenters. The maximum absolute atomic E-state index is 12.3. The first-order valence-corrected chi connectivity index (χ1v) is 7.03. The van der Waals surface area contributed by atoms with Crippen molar-refractivity contribution >= 4 is 11.8 Å². The van der Waals surface area contributed by atoms with Crippen LogP contribution in [0.25, 0.3) is 0 Å². The molecule has 1 aromatic heterocycles. The van der Waals surface area contributed by atoms with Gasteiger partial charge < -0.3 is 14.6 Å². The number of nitrogens with zero attached hydrogens (tertiary/aromatic N) is 3. The minimum Gasteiger partial charge on any atom is -0.481 e. The van der Waals surface area contributed by atoms with Crippen LogP contribution in [-0.4, -0.2) is 33.7 Å². The number of aromatic nitrogens is 2. The maximum Gasteiger partial charge on any atom is 0.303 e. The summed E-state index contributed by atoms with van der Waals surface area (Å²) in [5.41, 5.74) is -0.0682. The van der Waals surface area contributed by atoms with Crippen LogP contribution in [0, 0.1) is 5.92 Å². The van der Waals surface area contributed by atoms with Gasteiger partial charge >= 0.3 is 5.97 Å². The van der Waals surface area contributed by atoms with Gasteiger partial charge in [-0.3, -0.25) is 9.59 Å². The number of hydrogen-bond acceptors (Lipinski definition) is 4. The molecular formula is C14H21N3O3. The van der Waals surface area contributed by atoms with Crippen molar-refractivity contribution in [3.63, 3.8) is 0 Å². The van der Waals surface area contributed by atoms with Gasteiger partial charge in [-0.05, 0) is 32.6 Å². The van der Waals surface area contributed by atoms with Crippen molar-refractivity contribution in [1.82, 2.24) is 9.55 Å². The molecule has 0 bridgehead atoms. The van der Waals surface area contributed by atoms with Gasteiger partial charge in [0.15, 0.2) is 5.82 Å². The summed E-state index contributed by atoms with van der Waals surface area (Å²) in [6.07, 6.45) is 5.13. The van der Waals surface area contributed by atoms with E-state index in [0.717, 1.165) is 19.5 Å². The Labute approximate surface area is 118 Å². The van der Waals surface area contributed by atoms with E-state index in [4.69, 9.17) is 5.11 Å². The van der Waals surface area contributed by atoms with Crippen LogP contribution in [0.15, 0.2) is 17.2 Å². The van der Waals surface area contributed by atoms with Crippen LogP contribution in [-0.2, 0) is 4.79 Å². The number of hydrogen-bond donors (Lipinski definition) is 1. The Morgan fingerprint density at radius 1 is 1.55 bits per heavy atom. The predicted octanol–water partition coefficient (Wildman–Crippen LogP) is 1.52. The van der Waals surface area contributed by atoms with Gasteiger partial charge in [0, 0.05) is 37.9 Å². The zero-order chi connectivity index (χ0) is 14.7. The smallest absolute Gasteiger partial charge is 0.303 e. The first-order valence-electron chi connectivity index (χ1n) is 7.03. The van der Waals surface area contributed by atoms with Crippen LogP contribution in [0.1, 0.15) is 39.2 Å². The SMILES string of the molecule is CC(C)n1ccnc(N2CCC(CCC(=O)O)C2)c1=O. The summed E-state index contributed by atoms with van der Waals surface area (Å²) in [4.78, 5) is 29.1. The Morgan fingerprint density at radius 2 is 2.30 bits per heavy atom. The molecule has 110 valence electrons. The van der Waals surface area contributed by atoms with Crippen LogP contribution in [0.3, 0.4) is 0 Å². The summed E-state index contributed by atoms with van der Waals surface area (Å²) in [6, 6.07) is 0.106. The molecule has 2 rings (SSSR count). The molecule has 1 aromatic rings. The summed E-state index contributed by atoms with van der Waals surface area (Å²) in [6.45, 7) is 5.42. The fourth-order valence-electron chi connectivity index (χ4n) is 2.63. The molecule has 20 heavy (non-hydrogen) atoms. The Balaban J connectivity index is 2.09. The third kappa shape index (κ3) is 3.18. The van der Waals surface area contributed by atoms with E-state index >= 15 is 0 Å². The van der Waals surface area contributed by atoms with Crippen LogP contribution in [0.5, 0.6) is 0 Å². The molecule has 1 atom stereocenters. The average Bonchev–Trinajstić information content (AvgIpc) is 2.85. The molecule has 1 fully saturated rings. The first-order chi connectivity index (χ1) is 9.49. The molecule has 0 spiro atoms. The third-order valence-electron chi connectivity index (χ3n) is 3.76. The van der Waals surface area contributed by atoms with E-state index in [2.05, 4.69) is 4.98 Å². The fraction of sp³-hybridized carbons (Fsp3) is 0.643. The molecule has 1 aliphatic rings. The number of carboxylic acids is 1. The minimum absolute atomic E-state index is 0.0682. The summed E-state index contributed by atoms with van der Waals surface area (Å²) in [7, 11) is 0. The van der Waals surface area contributed by atoms with E-state index in [-0.39, 0.29) is 18.0 Å². The van der Waals surface area contributed by atoms with Crippen LogP contribution in [0.2, 0.25) is 0 Å². The fourth-order valence-corrected chi connectivity index (χ4v) is 2.63. The zero-order valence-corrected chi connectivity index (χ0v) is 12.0. The lowest BCUT2D eigenvalue weighted by Crippen LogP contribution is -2.32. The van der Waals surface area contributed by atoms with E-state index in [1.807, 2.05) is 18.7 Å². The van der Waals surface area contributed by atoms with Crippen molar-refractivity contribution in [3.8, 4) is 0 Å². The quantitative estimate of drug-likeness (QED) is 0.884. The lowest BCUT2D eigenvalue weighted by molar-refractivity contribution is -0.137. The summed E-state index contributed by atoms with van der Waals surface area (Å²) >= 11 is 0. The number of rotatable bonds is 5. The maximum atomic E-state index is 12.3. The molecule has 0 saturated carbocycles. The highest BCUT2D eigenvalue weighted by molar-refractivity contribution is 5.66. The summed E-state index contributed by atoms with van der Waals surface area (Å²) in [5.74, 6) is 0.0579. The second-order valence-electron chi connectivity index (χ2n) is 5.59. The molecule has 0 aliphatic carbocycles. The molecule has 1 saturated heterocycles. The Bertz CT molecular complexity index is 539. The van der Waals surface area contributed by atoms with Gasteiger partial charge in [-0.15, -0.1) is 0 Å². The van der Waals surface area contributed by atoms with E-state index in [1.54, 1.807) is 17.0 Å². The lowest BCUT2D eigenvalue weighted by atomic mass is 10.0. The number of carbonyl (C=O) groups is 1. The summed E-state index contributed by atoms with van der Waals surface area (Å²) < 4.78 is 1.67. The van der Waals surface area contributed by atoms with E-state index in [9.17, 15) is 9.59 Å². The van der Waals surface area contributed by atoms with Gasteiger partial charge in [0.1, 0.15) is 0 Å². The van der Waals surface area contributed by atoms with E-state index in [1.165, 1.54) is 0 Å². The molecule has 0 radical (unpaired) electrons.